The van der Waals surface area contributed by atoms with Gasteiger partial charge in [0.05, 0.1) is 12.9 Å². The Morgan fingerprint density at radius 3 is 3.00 bits per heavy atom. The number of imidazole rings is 1. The number of hydrogen-bond donors (Lipinski definition) is 1. The zero-order valence-electron chi connectivity index (χ0n) is 8.43. The van der Waals surface area contributed by atoms with E-state index in [4.69, 9.17) is 10.5 Å². The van der Waals surface area contributed by atoms with Crippen molar-refractivity contribution >= 4 is 5.97 Å². The molecule has 14 heavy (non-hydrogen) atoms. The molecule has 2 N–H and O–H groups in total. The first-order valence-corrected chi connectivity index (χ1v) is 4.52. The first kappa shape index (κ1) is 10.7. The minimum atomic E-state index is -0.606. The summed E-state index contributed by atoms with van der Waals surface area (Å²) in [5, 5.41) is 0. The van der Waals surface area contributed by atoms with Gasteiger partial charge in [0.15, 0.2) is 0 Å². The van der Waals surface area contributed by atoms with Crippen molar-refractivity contribution in [2.45, 2.75) is 19.4 Å². The molecule has 0 aliphatic rings. The number of aryl methyl sites for hydroxylation is 1. The van der Waals surface area contributed by atoms with Crippen LogP contribution >= 0.6 is 0 Å². The summed E-state index contributed by atoms with van der Waals surface area (Å²) in [6.45, 7) is 2.12. The van der Waals surface area contributed by atoms with Crippen molar-refractivity contribution in [3.8, 4) is 0 Å². The minimum absolute atomic E-state index is 0.359. The molecule has 0 aromatic carbocycles. The van der Waals surface area contributed by atoms with E-state index in [-0.39, 0.29) is 5.97 Å². The van der Waals surface area contributed by atoms with Gasteiger partial charge >= 0.3 is 5.97 Å². The third-order valence-electron chi connectivity index (χ3n) is 1.93. The summed E-state index contributed by atoms with van der Waals surface area (Å²) >= 11 is 0. The Hall–Kier alpha value is -1.36. The van der Waals surface area contributed by atoms with Gasteiger partial charge in [0, 0.05) is 25.4 Å². The smallest absolute Gasteiger partial charge is 0.323 e. The number of carbonyl (C=O) groups excluding carboxylic acids is 1. The number of ether oxygens (including phenoxy) is 1. The molecule has 0 saturated carbocycles. The number of carbonyl (C=O) groups is 1. The van der Waals surface area contributed by atoms with Crippen LogP contribution < -0.4 is 5.73 Å². The minimum Gasteiger partial charge on any atom is -0.465 e. The Balaban J connectivity index is 2.52. The maximum absolute atomic E-state index is 11.2. The van der Waals surface area contributed by atoms with Crippen molar-refractivity contribution in [2.24, 2.45) is 12.8 Å². The number of nitrogens with two attached hydrogens (primary N) is 1. The first-order chi connectivity index (χ1) is 6.65. The Bertz CT molecular complexity index is 309. The summed E-state index contributed by atoms with van der Waals surface area (Å²) in [5.74, 6) is -0.367. The second kappa shape index (κ2) is 4.76. The molecule has 78 valence electrons. The van der Waals surface area contributed by atoms with Crippen LogP contribution in [0.1, 0.15) is 12.6 Å². The van der Waals surface area contributed by atoms with E-state index in [1.54, 1.807) is 19.4 Å². The standard InChI is InChI=1S/C9H15N3O2/c1-3-14-9(13)8(10)4-7-5-11-6-12(7)2/h5-6,8H,3-4,10H2,1-2H3. The number of aromatic nitrogens is 2. The van der Waals surface area contributed by atoms with Crippen molar-refractivity contribution in [2.75, 3.05) is 6.61 Å². The fourth-order valence-corrected chi connectivity index (χ4v) is 1.14. The van der Waals surface area contributed by atoms with Gasteiger partial charge in [0.1, 0.15) is 6.04 Å². The molecule has 0 amide bonds. The van der Waals surface area contributed by atoms with Gasteiger partial charge in [-0.1, -0.05) is 0 Å². The van der Waals surface area contributed by atoms with E-state index in [0.717, 1.165) is 5.69 Å². The quantitative estimate of drug-likeness (QED) is 0.682. The monoisotopic (exact) mass is 197 g/mol. The fraction of sp³-hybridized carbons (Fsp3) is 0.556. The molecule has 0 bridgehead atoms. The highest BCUT2D eigenvalue weighted by Crippen LogP contribution is 2.01. The largest absolute Gasteiger partial charge is 0.465 e. The van der Waals surface area contributed by atoms with Gasteiger partial charge < -0.3 is 15.0 Å². The molecule has 5 nitrogen and oxygen atoms in total. The van der Waals surface area contributed by atoms with Crippen LogP contribution in [-0.2, 0) is 23.0 Å². The normalized spacial score (nSPS) is 12.5. The zero-order chi connectivity index (χ0) is 10.6. The summed E-state index contributed by atoms with van der Waals surface area (Å²) in [6.07, 6.45) is 3.82. The molecular weight excluding hydrogens is 182 g/mol. The van der Waals surface area contributed by atoms with Crippen LogP contribution in [0.4, 0.5) is 0 Å². The van der Waals surface area contributed by atoms with E-state index in [1.807, 2.05) is 11.6 Å². The molecule has 0 fully saturated rings. The van der Waals surface area contributed by atoms with Crippen molar-refractivity contribution in [1.29, 1.82) is 0 Å². The second-order valence-electron chi connectivity index (χ2n) is 3.06. The third-order valence-corrected chi connectivity index (χ3v) is 1.93. The van der Waals surface area contributed by atoms with E-state index in [1.165, 1.54) is 0 Å². The highest BCUT2D eigenvalue weighted by molar-refractivity contribution is 5.75. The molecule has 1 atom stereocenters. The first-order valence-electron chi connectivity index (χ1n) is 4.52. The van der Waals surface area contributed by atoms with Crippen molar-refractivity contribution in [3.05, 3.63) is 18.2 Å². The summed E-state index contributed by atoms with van der Waals surface area (Å²) in [4.78, 5) is 15.1. The van der Waals surface area contributed by atoms with Gasteiger partial charge in [-0.05, 0) is 6.92 Å². The zero-order valence-corrected chi connectivity index (χ0v) is 8.43. The van der Waals surface area contributed by atoms with E-state index < -0.39 is 6.04 Å². The van der Waals surface area contributed by atoms with E-state index in [9.17, 15) is 4.79 Å². The van der Waals surface area contributed by atoms with Crippen LogP contribution in [0.5, 0.6) is 0 Å². The predicted octanol–water partition coefficient (Wildman–Crippen LogP) is -0.147. The van der Waals surface area contributed by atoms with Crippen LogP contribution in [0.2, 0.25) is 0 Å². The van der Waals surface area contributed by atoms with Gasteiger partial charge in [0.25, 0.3) is 0 Å². The third kappa shape index (κ3) is 2.56. The van der Waals surface area contributed by atoms with Crippen LogP contribution in [0, 0.1) is 0 Å². The maximum Gasteiger partial charge on any atom is 0.323 e. The van der Waals surface area contributed by atoms with Gasteiger partial charge in [-0.25, -0.2) is 4.98 Å². The molecule has 0 radical (unpaired) electrons. The summed E-state index contributed by atoms with van der Waals surface area (Å²) < 4.78 is 6.63. The molecule has 0 aliphatic heterocycles. The SMILES string of the molecule is CCOC(=O)C(N)Cc1cncn1C. The average Bonchev–Trinajstić information content (AvgIpc) is 2.52. The molecule has 1 heterocycles. The van der Waals surface area contributed by atoms with Crippen LogP contribution in [-0.4, -0.2) is 28.2 Å². The Morgan fingerprint density at radius 2 is 2.50 bits per heavy atom. The fourth-order valence-electron chi connectivity index (χ4n) is 1.14. The van der Waals surface area contributed by atoms with Crippen LogP contribution in [0.3, 0.4) is 0 Å². The maximum atomic E-state index is 11.2. The summed E-state index contributed by atoms with van der Waals surface area (Å²) in [6, 6.07) is -0.606. The van der Waals surface area contributed by atoms with Crippen LogP contribution in [0.15, 0.2) is 12.5 Å². The molecular formula is C9H15N3O2. The topological polar surface area (TPSA) is 70.1 Å². The highest BCUT2D eigenvalue weighted by Gasteiger charge is 2.16. The molecule has 5 heteroatoms. The molecule has 1 aromatic heterocycles. The van der Waals surface area contributed by atoms with E-state index in [0.29, 0.717) is 13.0 Å². The van der Waals surface area contributed by atoms with Gasteiger partial charge in [0.2, 0.25) is 0 Å². The van der Waals surface area contributed by atoms with Crippen molar-refractivity contribution < 1.29 is 9.53 Å². The Morgan fingerprint density at radius 1 is 1.79 bits per heavy atom. The molecule has 1 unspecified atom stereocenters. The Kier molecular flexibility index (Phi) is 3.64. The van der Waals surface area contributed by atoms with Crippen molar-refractivity contribution in [3.63, 3.8) is 0 Å². The highest BCUT2D eigenvalue weighted by atomic mass is 16.5. The molecule has 1 aromatic rings. The summed E-state index contributed by atoms with van der Waals surface area (Å²) in [5.41, 5.74) is 6.57. The lowest BCUT2D eigenvalue weighted by Gasteiger charge is -2.10. The average molecular weight is 197 g/mol. The Labute approximate surface area is 82.9 Å². The van der Waals surface area contributed by atoms with E-state index in [2.05, 4.69) is 4.98 Å². The number of nitrogens with zero attached hydrogens (tertiary/aromatic N) is 2. The summed E-state index contributed by atoms with van der Waals surface area (Å²) in [7, 11) is 1.86. The molecule has 0 spiro atoms. The van der Waals surface area contributed by atoms with Gasteiger partial charge in [-0.3, -0.25) is 4.79 Å². The van der Waals surface area contributed by atoms with Gasteiger partial charge in [-0.15, -0.1) is 0 Å². The van der Waals surface area contributed by atoms with Crippen LogP contribution in [0.25, 0.3) is 0 Å². The van der Waals surface area contributed by atoms with E-state index >= 15 is 0 Å². The number of esters is 1. The predicted molar refractivity (Wildman–Crippen MR) is 51.5 cm³/mol. The van der Waals surface area contributed by atoms with Crippen molar-refractivity contribution in [1.82, 2.24) is 9.55 Å². The lowest BCUT2D eigenvalue weighted by atomic mass is 10.2. The second-order valence-corrected chi connectivity index (χ2v) is 3.06. The molecule has 0 saturated heterocycles. The molecule has 0 aliphatic carbocycles. The number of hydrogen-bond acceptors (Lipinski definition) is 4. The van der Waals surface area contributed by atoms with Gasteiger partial charge in [-0.2, -0.15) is 0 Å². The lowest BCUT2D eigenvalue weighted by Crippen LogP contribution is -2.34. The number of rotatable bonds is 4. The molecule has 1 rings (SSSR count). The lowest BCUT2D eigenvalue weighted by molar-refractivity contribution is -0.144.